The van der Waals surface area contributed by atoms with Crippen molar-refractivity contribution in [3.8, 4) is 0 Å². The highest BCUT2D eigenvalue weighted by atomic mass is 16.2. The normalized spacial score (nSPS) is 16.6. The van der Waals surface area contributed by atoms with Crippen LogP contribution in [-0.2, 0) is 19.8 Å². The summed E-state index contributed by atoms with van der Waals surface area (Å²) in [4.78, 5) is 46.6. The van der Waals surface area contributed by atoms with Crippen molar-refractivity contribution in [2.45, 2.75) is 51.1 Å². The lowest BCUT2D eigenvalue weighted by atomic mass is 9.87. The van der Waals surface area contributed by atoms with Gasteiger partial charge in [0, 0.05) is 37.7 Å². The molecule has 2 atom stereocenters. The first-order chi connectivity index (χ1) is 16.1. The Kier molecular flexibility index (Phi) is 8.04. The zero-order valence-corrected chi connectivity index (χ0v) is 20.7. The number of carbonyl (C=O) groups is 3. The molecule has 1 saturated heterocycles. The van der Waals surface area contributed by atoms with Crippen molar-refractivity contribution in [2.24, 2.45) is 0 Å². The largest absolute Gasteiger partial charge is 0.347 e. The van der Waals surface area contributed by atoms with Crippen LogP contribution in [0.5, 0.6) is 0 Å². The molecule has 8 nitrogen and oxygen atoms in total. The summed E-state index contributed by atoms with van der Waals surface area (Å²) in [5.74, 6) is -0.846. The SMILES string of the molecule is CN(C)C(=O)CNC(=O)C(c1cccnc1)N(C(=O)[C@H]1CCCN1)c1ccc(C(C)(C)C)cc1. The van der Waals surface area contributed by atoms with Crippen molar-refractivity contribution in [3.05, 3.63) is 59.9 Å². The summed E-state index contributed by atoms with van der Waals surface area (Å²) in [6, 6.07) is 9.91. The standard InChI is InChI=1S/C26H35N5O3/c1-26(2,3)19-10-12-20(13-11-19)31(25(34)21-9-7-15-28-21)23(18-8-6-14-27-16-18)24(33)29-17-22(32)30(4)5/h6,8,10-14,16,21,23,28H,7,9,15,17H2,1-5H3,(H,29,33)/t21-,23?/m1/s1. The minimum absolute atomic E-state index is 0.0486. The Morgan fingerprint density at radius 1 is 1.15 bits per heavy atom. The van der Waals surface area contributed by atoms with E-state index < -0.39 is 11.9 Å². The summed E-state index contributed by atoms with van der Waals surface area (Å²) < 4.78 is 0. The molecule has 0 bridgehead atoms. The van der Waals surface area contributed by atoms with Gasteiger partial charge in [0.1, 0.15) is 6.04 Å². The van der Waals surface area contributed by atoms with Crippen LogP contribution in [0.1, 0.15) is 50.8 Å². The first kappa shape index (κ1) is 25.4. The molecule has 0 saturated carbocycles. The highest BCUT2D eigenvalue weighted by molar-refractivity contribution is 6.04. The second-order valence-corrected chi connectivity index (χ2v) is 9.85. The van der Waals surface area contributed by atoms with Crippen LogP contribution in [0.4, 0.5) is 5.69 Å². The fourth-order valence-electron chi connectivity index (χ4n) is 3.96. The number of likely N-dealkylation sites (N-methyl/N-ethyl adjacent to an activating group) is 1. The molecule has 2 N–H and O–H groups in total. The molecule has 0 spiro atoms. The molecule has 0 aliphatic carbocycles. The molecular formula is C26H35N5O3. The van der Waals surface area contributed by atoms with E-state index in [2.05, 4.69) is 36.4 Å². The van der Waals surface area contributed by atoms with E-state index in [9.17, 15) is 14.4 Å². The third-order valence-corrected chi connectivity index (χ3v) is 6.03. The maximum atomic E-state index is 13.8. The summed E-state index contributed by atoms with van der Waals surface area (Å²) in [5.41, 5.74) is 2.27. The molecule has 8 heteroatoms. The van der Waals surface area contributed by atoms with Crippen LogP contribution in [0.15, 0.2) is 48.8 Å². The van der Waals surface area contributed by atoms with Crippen LogP contribution in [0.3, 0.4) is 0 Å². The van der Waals surface area contributed by atoms with Crippen LogP contribution in [-0.4, -0.2) is 60.8 Å². The summed E-state index contributed by atoms with van der Waals surface area (Å²) in [5, 5.41) is 5.97. The lowest BCUT2D eigenvalue weighted by molar-refractivity contribution is -0.132. The van der Waals surface area contributed by atoms with Crippen molar-refractivity contribution in [1.29, 1.82) is 0 Å². The van der Waals surface area contributed by atoms with Crippen molar-refractivity contribution in [1.82, 2.24) is 20.5 Å². The maximum absolute atomic E-state index is 13.8. The van der Waals surface area contributed by atoms with E-state index in [1.54, 1.807) is 43.5 Å². The number of hydrogen-bond acceptors (Lipinski definition) is 5. The Hall–Kier alpha value is -3.26. The Morgan fingerprint density at radius 2 is 1.85 bits per heavy atom. The van der Waals surface area contributed by atoms with Crippen molar-refractivity contribution in [3.63, 3.8) is 0 Å². The zero-order valence-electron chi connectivity index (χ0n) is 20.7. The van der Waals surface area contributed by atoms with Gasteiger partial charge in [0.2, 0.25) is 17.7 Å². The van der Waals surface area contributed by atoms with Gasteiger partial charge < -0.3 is 15.5 Å². The number of aromatic nitrogens is 1. The molecule has 1 aromatic heterocycles. The third kappa shape index (κ3) is 5.99. The average molecular weight is 466 g/mol. The Bertz CT molecular complexity index is 993. The first-order valence-electron chi connectivity index (χ1n) is 11.6. The highest BCUT2D eigenvalue weighted by Crippen LogP contribution is 2.31. The predicted octanol–water partition coefficient (Wildman–Crippen LogP) is 2.41. The Morgan fingerprint density at radius 3 is 2.38 bits per heavy atom. The second-order valence-electron chi connectivity index (χ2n) is 9.85. The number of anilines is 1. The van der Waals surface area contributed by atoms with E-state index >= 15 is 0 Å². The van der Waals surface area contributed by atoms with Gasteiger partial charge in [0.15, 0.2) is 0 Å². The monoisotopic (exact) mass is 465 g/mol. The molecule has 3 rings (SSSR count). The van der Waals surface area contributed by atoms with Gasteiger partial charge in [-0.3, -0.25) is 24.3 Å². The van der Waals surface area contributed by atoms with Crippen LogP contribution in [0.25, 0.3) is 0 Å². The lowest BCUT2D eigenvalue weighted by Gasteiger charge is -2.33. The first-order valence-corrected chi connectivity index (χ1v) is 11.6. The molecule has 1 aromatic carbocycles. The topological polar surface area (TPSA) is 94.6 Å². The van der Waals surface area contributed by atoms with Crippen molar-refractivity contribution in [2.75, 3.05) is 32.1 Å². The summed E-state index contributed by atoms with van der Waals surface area (Å²) >= 11 is 0. The number of rotatable bonds is 7. The molecule has 182 valence electrons. The van der Waals surface area contributed by atoms with Crippen LogP contribution >= 0.6 is 0 Å². The van der Waals surface area contributed by atoms with Gasteiger partial charge in [-0.15, -0.1) is 0 Å². The van der Waals surface area contributed by atoms with E-state index in [4.69, 9.17) is 0 Å². The third-order valence-electron chi connectivity index (χ3n) is 6.03. The van der Waals surface area contributed by atoms with Gasteiger partial charge in [-0.05, 0) is 48.6 Å². The van der Waals surface area contributed by atoms with Gasteiger partial charge in [0.25, 0.3) is 0 Å². The van der Waals surface area contributed by atoms with E-state index in [-0.39, 0.29) is 29.8 Å². The molecular weight excluding hydrogens is 430 g/mol. The highest BCUT2D eigenvalue weighted by Gasteiger charge is 2.37. The van der Waals surface area contributed by atoms with Gasteiger partial charge in [-0.1, -0.05) is 39.0 Å². The van der Waals surface area contributed by atoms with Gasteiger partial charge in [-0.25, -0.2) is 0 Å². The fraction of sp³-hybridized carbons (Fsp3) is 0.462. The summed E-state index contributed by atoms with van der Waals surface area (Å²) in [6.45, 7) is 6.98. The van der Waals surface area contributed by atoms with Crippen molar-refractivity contribution < 1.29 is 14.4 Å². The molecule has 1 unspecified atom stereocenters. The Balaban J connectivity index is 2.04. The van der Waals surface area contributed by atoms with Crippen LogP contribution < -0.4 is 15.5 Å². The van der Waals surface area contributed by atoms with E-state index in [0.717, 1.165) is 18.5 Å². The fourth-order valence-corrected chi connectivity index (χ4v) is 3.96. The predicted molar refractivity (Wildman–Crippen MR) is 132 cm³/mol. The van der Waals surface area contributed by atoms with Crippen LogP contribution in [0.2, 0.25) is 0 Å². The minimum Gasteiger partial charge on any atom is -0.347 e. The number of hydrogen-bond donors (Lipinski definition) is 2. The average Bonchev–Trinajstić information content (AvgIpc) is 3.35. The molecule has 1 fully saturated rings. The molecule has 2 heterocycles. The number of carbonyl (C=O) groups excluding carboxylic acids is 3. The number of amides is 3. The second kappa shape index (κ2) is 10.8. The minimum atomic E-state index is -0.973. The number of nitrogens with one attached hydrogen (secondary N) is 2. The molecule has 2 aromatic rings. The maximum Gasteiger partial charge on any atom is 0.248 e. The zero-order chi connectivity index (χ0) is 24.9. The molecule has 34 heavy (non-hydrogen) atoms. The molecule has 0 radical (unpaired) electrons. The van der Waals surface area contributed by atoms with Gasteiger partial charge >= 0.3 is 0 Å². The van der Waals surface area contributed by atoms with E-state index in [1.807, 2.05) is 24.3 Å². The van der Waals surface area contributed by atoms with Gasteiger partial charge in [-0.2, -0.15) is 0 Å². The van der Waals surface area contributed by atoms with Crippen LogP contribution in [0, 0.1) is 0 Å². The lowest BCUT2D eigenvalue weighted by Crippen LogP contribution is -2.51. The molecule has 3 amide bonds. The van der Waals surface area contributed by atoms with E-state index in [0.29, 0.717) is 17.7 Å². The van der Waals surface area contributed by atoms with Gasteiger partial charge in [0.05, 0.1) is 12.6 Å². The Labute approximate surface area is 201 Å². The molecule has 1 aliphatic rings. The quantitative estimate of drug-likeness (QED) is 0.655. The van der Waals surface area contributed by atoms with Crippen molar-refractivity contribution >= 4 is 23.4 Å². The van der Waals surface area contributed by atoms with E-state index in [1.165, 1.54) is 4.90 Å². The summed E-state index contributed by atoms with van der Waals surface area (Å²) in [6.07, 6.45) is 4.81. The number of pyridine rings is 1. The molecule has 1 aliphatic heterocycles. The smallest absolute Gasteiger partial charge is 0.248 e. The number of benzene rings is 1. The summed E-state index contributed by atoms with van der Waals surface area (Å²) in [7, 11) is 3.26. The number of nitrogens with zero attached hydrogens (tertiary/aromatic N) is 3.